The number of aromatic amines is 2. The second-order valence-corrected chi connectivity index (χ2v) is 5.49. The van der Waals surface area contributed by atoms with E-state index in [1.807, 2.05) is 60.8 Å². The fourth-order valence-corrected chi connectivity index (χ4v) is 2.83. The van der Waals surface area contributed by atoms with E-state index in [2.05, 4.69) is 20.2 Å². The Morgan fingerprint density at radius 3 is 2.42 bits per heavy atom. The molecule has 4 aromatic rings. The molecule has 0 saturated carbocycles. The molecule has 0 aliphatic rings. The van der Waals surface area contributed by atoms with Crippen molar-refractivity contribution < 1.29 is 0 Å². The number of H-pyrrole nitrogens is 2. The molecule has 4 rings (SSSR count). The Bertz CT molecular complexity index is 1050. The van der Waals surface area contributed by atoms with Gasteiger partial charge in [0.1, 0.15) is 5.71 Å². The van der Waals surface area contributed by atoms with Gasteiger partial charge in [0.25, 0.3) is 0 Å². The van der Waals surface area contributed by atoms with Crippen molar-refractivity contribution >= 4 is 33.5 Å². The van der Waals surface area contributed by atoms with E-state index in [1.165, 1.54) is 0 Å². The zero-order valence-corrected chi connectivity index (χ0v) is 12.8. The van der Waals surface area contributed by atoms with Crippen molar-refractivity contribution in [3.8, 4) is 0 Å². The van der Waals surface area contributed by atoms with E-state index in [0.29, 0.717) is 5.71 Å². The molecule has 24 heavy (non-hydrogen) atoms. The van der Waals surface area contributed by atoms with Crippen LogP contribution in [0.2, 0.25) is 0 Å². The Morgan fingerprint density at radius 2 is 1.62 bits per heavy atom. The van der Waals surface area contributed by atoms with Crippen LogP contribution >= 0.6 is 0 Å². The maximum Gasteiger partial charge on any atom is 0.211 e. The lowest BCUT2D eigenvalue weighted by Gasteiger charge is -2.02. The van der Waals surface area contributed by atoms with Gasteiger partial charge in [0.2, 0.25) is 5.96 Å². The number of para-hydroxylation sites is 2. The van der Waals surface area contributed by atoms with Gasteiger partial charge in [0.15, 0.2) is 0 Å². The van der Waals surface area contributed by atoms with E-state index in [-0.39, 0.29) is 5.96 Å². The molecule has 0 spiro atoms. The molecular formula is C18H16N6. The molecule has 0 saturated heterocycles. The quantitative estimate of drug-likeness (QED) is 0.265. The normalized spacial score (nSPS) is 11.9. The number of hydrogen-bond donors (Lipinski definition) is 4. The maximum atomic E-state index is 5.46. The highest BCUT2D eigenvalue weighted by Crippen LogP contribution is 2.23. The SMILES string of the molecule is NC(N)=NN=C(c1cc2ccccc2[nH]1)c1c[nH]c2ccccc12. The van der Waals surface area contributed by atoms with Gasteiger partial charge in [-0.15, -0.1) is 10.2 Å². The van der Waals surface area contributed by atoms with Crippen molar-refractivity contribution in [1.29, 1.82) is 0 Å². The minimum absolute atomic E-state index is 0.0801. The number of nitrogens with zero attached hydrogens (tertiary/aromatic N) is 2. The maximum absolute atomic E-state index is 5.46. The molecule has 118 valence electrons. The van der Waals surface area contributed by atoms with Gasteiger partial charge in [-0.05, 0) is 18.2 Å². The van der Waals surface area contributed by atoms with Crippen molar-refractivity contribution in [1.82, 2.24) is 9.97 Å². The van der Waals surface area contributed by atoms with Gasteiger partial charge in [0.05, 0.1) is 5.69 Å². The van der Waals surface area contributed by atoms with Crippen LogP contribution in [0.5, 0.6) is 0 Å². The van der Waals surface area contributed by atoms with E-state index in [0.717, 1.165) is 33.1 Å². The third kappa shape index (κ3) is 2.40. The summed E-state index contributed by atoms with van der Waals surface area (Å²) in [6.45, 7) is 0. The smallest absolute Gasteiger partial charge is 0.211 e. The third-order valence-electron chi connectivity index (χ3n) is 3.89. The molecule has 0 bridgehead atoms. The highest BCUT2D eigenvalue weighted by molar-refractivity contribution is 6.19. The number of fused-ring (bicyclic) bond motifs is 2. The molecule has 0 radical (unpaired) electrons. The van der Waals surface area contributed by atoms with Crippen LogP contribution in [0.1, 0.15) is 11.3 Å². The molecule has 6 nitrogen and oxygen atoms in total. The van der Waals surface area contributed by atoms with Gasteiger partial charge < -0.3 is 21.4 Å². The van der Waals surface area contributed by atoms with Crippen LogP contribution in [-0.2, 0) is 0 Å². The number of guanidine groups is 1. The lowest BCUT2D eigenvalue weighted by molar-refractivity contribution is 1.19. The Kier molecular flexibility index (Phi) is 3.28. The largest absolute Gasteiger partial charge is 0.369 e. The van der Waals surface area contributed by atoms with Crippen LogP contribution in [0, 0.1) is 0 Å². The lowest BCUT2D eigenvalue weighted by atomic mass is 10.1. The molecule has 6 N–H and O–H groups in total. The molecule has 2 aromatic carbocycles. The highest BCUT2D eigenvalue weighted by atomic mass is 15.3. The second kappa shape index (κ2) is 5.58. The first-order valence-electron chi connectivity index (χ1n) is 7.53. The molecule has 0 aliphatic carbocycles. The average molecular weight is 316 g/mol. The van der Waals surface area contributed by atoms with E-state index in [1.54, 1.807) is 0 Å². The number of aromatic nitrogens is 2. The summed E-state index contributed by atoms with van der Waals surface area (Å²) in [5.41, 5.74) is 15.4. The number of benzene rings is 2. The van der Waals surface area contributed by atoms with Gasteiger partial charge in [-0.3, -0.25) is 0 Å². The fourth-order valence-electron chi connectivity index (χ4n) is 2.83. The third-order valence-corrected chi connectivity index (χ3v) is 3.89. The van der Waals surface area contributed by atoms with Crippen molar-refractivity contribution in [2.75, 3.05) is 0 Å². The minimum Gasteiger partial charge on any atom is -0.369 e. The van der Waals surface area contributed by atoms with Crippen LogP contribution in [0.15, 0.2) is 71.0 Å². The van der Waals surface area contributed by atoms with Gasteiger partial charge in [-0.25, -0.2) is 0 Å². The van der Waals surface area contributed by atoms with E-state index >= 15 is 0 Å². The highest BCUT2D eigenvalue weighted by Gasteiger charge is 2.15. The Hall–Kier alpha value is -3.54. The number of nitrogens with two attached hydrogens (primary N) is 2. The molecule has 2 heterocycles. The van der Waals surface area contributed by atoms with Gasteiger partial charge >= 0.3 is 0 Å². The summed E-state index contributed by atoms with van der Waals surface area (Å²) in [5, 5.41) is 10.3. The fraction of sp³-hybridized carbons (Fsp3) is 0. The molecular weight excluding hydrogens is 300 g/mol. The average Bonchev–Trinajstić information content (AvgIpc) is 3.19. The molecule has 6 heteroatoms. The summed E-state index contributed by atoms with van der Waals surface area (Å²) in [6.07, 6.45) is 1.91. The number of rotatable bonds is 3. The molecule has 0 unspecified atom stereocenters. The monoisotopic (exact) mass is 316 g/mol. The molecule has 0 fully saturated rings. The van der Waals surface area contributed by atoms with E-state index < -0.39 is 0 Å². The Labute approximate surface area is 137 Å². The van der Waals surface area contributed by atoms with Crippen molar-refractivity contribution in [3.05, 3.63) is 72.1 Å². The zero-order valence-electron chi connectivity index (χ0n) is 12.8. The lowest BCUT2D eigenvalue weighted by Crippen LogP contribution is -2.22. The molecule has 2 aromatic heterocycles. The topological polar surface area (TPSA) is 108 Å². The molecule has 0 aliphatic heterocycles. The minimum atomic E-state index is -0.0801. The van der Waals surface area contributed by atoms with Crippen molar-refractivity contribution in [2.24, 2.45) is 21.7 Å². The molecule has 0 atom stereocenters. The van der Waals surface area contributed by atoms with Gasteiger partial charge in [0, 0.05) is 33.6 Å². The van der Waals surface area contributed by atoms with Crippen LogP contribution in [-0.4, -0.2) is 21.6 Å². The Balaban J connectivity index is 1.95. The van der Waals surface area contributed by atoms with Crippen LogP contribution < -0.4 is 11.5 Å². The first-order chi connectivity index (χ1) is 11.7. The summed E-state index contributed by atoms with van der Waals surface area (Å²) >= 11 is 0. The zero-order chi connectivity index (χ0) is 16.5. The van der Waals surface area contributed by atoms with Crippen LogP contribution in [0.3, 0.4) is 0 Å². The summed E-state index contributed by atoms with van der Waals surface area (Å²) in [6, 6.07) is 18.1. The summed E-state index contributed by atoms with van der Waals surface area (Å²) in [4.78, 5) is 6.63. The molecule has 0 amide bonds. The van der Waals surface area contributed by atoms with E-state index in [9.17, 15) is 0 Å². The number of hydrogen-bond acceptors (Lipinski definition) is 2. The first kappa shape index (κ1) is 14.1. The van der Waals surface area contributed by atoms with Crippen LogP contribution in [0.4, 0.5) is 0 Å². The van der Waals surface area contributed by atoms with Crippen LogP contribution in [0.25, 0.3) is 21.8 Å². The number of nitrogens with one attached hydrogen (secondary N) is 2. The van der Waals surface area contributed by atoms with Gasteiger partial charge in [-0.2, -0.15) is 0 Å². The second-order valence-electron chi connectivity index (χ2n) is 5.49. The predicted octanol–water partition coefficient (Wildman–Crippen LogP) is 2.67. The summed E-state index contributed by atoms with van der Waals surface area (Å²) in [7, 11) is 0. The summed E-state index contributed by atoms with van der Waals surface area (Å²) < 4.78 is 0. The van der Waals surface area contributed by atoms with E-state index in [4.69, 9.17) is 11.5 Å². The summed E-state index contributed by atoms with van der Waals surface area (Å²) in [5.74, 6) is -0.0801. The van der Waals surface area contributed by atoms with Crippen molar-refractivity contribution in [3.63, 3.8) is 0 Å². The predicted molar refractivity (Wildman–Crippen MR) is 98.0 cm³/mol. The standard InChI is InChI=1S/C18H16N6/c19-18(20)24-23-17(13-10-21-15-8-4-2-6-12(13)15)16-9-11-5-1-3-7-14(11)22-16/h1-10,21-22H,(H4,19,20,24). The van der Waals surface area contributed by atoms with Gasteiger partial charge in [-0.1, -0.05) is 36.4 Å². The Morgan fingerprint density at radius 1 is 0.875 bits per heavy atom. The van der Waals surface area contributed by atoms with Crippen molar-refractivity contribution in [2.45, 2.75) is 0 Å². The first-order valence-corrected chi connectivity index (χ1v) is 7.53.